The Morgan fingerprint density at radius 1 is 0.909 bits per heavy atom. The summed E-state index contributed by atoms with van der Waals surface area (Å²) in [4.78, 5) is 0. The predicted molar refractivity (Wildman–Crippen MR) is 96.9 cm³/mol. The van der Waals surface area contributed by atoms with Crippen LogP contribution in [0.2, 0.25) is 0 Å². The Hall–Kier alpha value is -1.12. The van der Waals surface area contributed by atoms with Gasteiger partial charge < -0.3 is 10.2 Å². The van der Waals surface area contributed by atoms with Gasteiger partial charge in [-0.2, -0.15) is 0 Å². The van der Waals surface area contributed by atoms with Crippen LogP contribution in [-0.4, -0.2) is 22.4 Å². The molecule has 1 atom stereocenters. The summed E-state index contributed by atoms with van der Waals surface area (Å²) in [5, 5.41) is 18.8. The second-order valence-corrected chi connectivity index (χ2v) is 6.49. The van der Waals surface area contributed by atoms with Crippen molar-refractivity contribution in [3.63, 3.8) is 0 Å². The molecule has 0 aliphatic carbocycles. The molecular formula is C20H34O2. The summed E-state index contributed by atoms with van der Waals surface area (Å²) in [6.07, 6.45) is 14.0. The Balaban J connectivity index is 4.01. The van der Waals surface area contributed by atoms with Crippen molar-refractivity contribution in [3.05, 3.63) is 47.6 Å². The van der Waals surface area contributed by atoms with Gasteiger partial charge in [-0.05, 0) is 66.2 Å². The van der Waals surface area contributed by atoms with E-state index in [1.54, 1.807) is 13.0 Å². The summed E-state index contributed by atoms with van der Waals surface area (Å²) in [6.45, 7) is 11.9. The molecule has 2 heteroatoms. The van der Waals surface area contributed by atoms with Crippen LogP contribution in [0.25, 0.3) is 0 Å². The van der Waals surface area contributed by atoms with Crippen LogP contribution >= 0.6 is 0 Å². The highest BCUT2D eigenvalue weighted by Gasteiger charge is 2.13. The van der Waals surface area contributed by atoms with Crippen LogP contribution in [-0.2, 0) is 0 Å². The Bertz CT molecular complexity index is 411. The summed E-state index contributed by atoms with van der Waals surface area (Å²) in [5.74, 6) is 0. The van der Waals surface area contributed by atoms with Crippen molar-refractivity contribution >= 4 is 0 Å². The van der Waals surface area contributed by atoms with Crippen LogP contribution in [0.3, 0.4) is 0 Å². The van der Waals surface area contributed by atoms with Crippen molar-refractivity contribution in [2.24, 2.45) is 0 Å². The molecule has 2 nitrogen and oxygen atoms in total. The van der Waals surface area contributed by atoms with Gasteiger partial charge in [0.15, 0.2) is 0 Å². The molecule has 126 valence electrons. The maximum atomic E-state index is 9.85. The summed E-state index contributed by atoms with van der Waals surface area (Å²) in [7, 11) is 0. The number of rotatable bonds is 11. The van der Waals surface area contributed by atoms with Crippen molar-refractivity contribution in [1.82, 2.24) is 0 Å². The first-order valence-electron chi connectivity index (χ1n) is 8.24. The van der Waals surface area contributed by atoms with Gasteiger partial charge in [0.1, 0.15) is 0 Å². The molecule has 22 heavy (non-hydrogen) atoms. The van der Waals surface area contributed by atoms with Crippen LogP contribution < -0.4 is 0 Å². The second-order valence-electron chi connectivity index (χ2n) is 6.49. The molecule has 0 heterocycles. The van der Waals surface area contributed by atoms with Crippen molar-refractivity contribution in [2.75, 3.05) is 6.61 Å². The summed E-state index contributed by atoms with van der Waals surface area (Å²) < 4.78 is 0. The van der Waals surface area contributed by atoms with Gasteiger partial charge in [0.2, 0.25) is 0 Å². The fraction of sp³-hybridized carbons (Fsp3) is 0.600. The van der Waals surface area contributed by atoms with Crippen molar-refractivity contribution in [3.8, 4) is 0 Å². The fourth-order valence-electron chi connectivity index (χ4n) is 2.07. The number of aliphatic hydroxyl groups is 2. The highest BCUT2D eigenvalue weighted by atomic mass is 16.3. The van der Waals surface area contributed by atoms with E-state index >= 15 is 0 Å². The van der Waals surface area contributed by atoms with Gasteiger partial charge >= 0.3 is 0 Å². The molecule has 0 amide bonds. The normalized spacial score (nSPS) is 16.5. The number of aliphatic hydroxyl groups excluding tert-OH is 1. The fourth-order valence-corrected chi connectivity index (χ4v) is 2.07. The Morgan fingerprint density at radius 2 is 1.36 bits per heavy atom. The largest absolute Gasteiger partial charge is 0.392 e. The minimum atomic E-state index is -0.756. The molecule has 0 saturated carbocycles. The average molecular weight is 306 g/mol. The molecule has 0 unspecified atom stereocenters. The van der Waals surface area contributed by atoms with Crippen LogP contribution in [0, 0.1) is 0 Å². The topological polar surface area (TPSA) is 40.5 Å². The third-order valence-corrected chi connectivity index (χ3v) is 3.90. The van der Waals surface area contributed by atoms with Gasteiger partial charge in [-0.1, -0.05) is 41.0 Å². The number of hydrogen-bond acceptors (Lipinski definition) is 2. The zero-order valence-corrected chi connectivity index (χ0v) is 14.9. The van der Waals surface area contributed by atoms with Crippen LogP contribution in [0.5, 0.6) is 0 Å². The molecule has 0 spiro atoms. The van der Waals surface area contributed by atoms with Crippen LogP contribution in [0.4, 0.5) is 0 Å². The van der Waals surface area contributed by atoms with Crippen LogP contribution in [0.15, 0.2) is 47.6 Å². The molecule has 0 radical (unpaired) electrons. The molecular weight excluding hydrogens is 272 g/mol. The number of hydrogen-bond donors (Lipinski definition) is 2. The van der Waals surface area contributed by atoms with E-state index in [0.717, 1.165) is 44.1 Å². The third-order valence-electron chi connectivity index (χ3n) is 3.90. The van der Waals surface area contributed by atoms with E-state index in [9.17, 15) is 5.11 Å². The third kappa shape index (κ3) is 11.5. The zero-order valence-electron chi connectivity index (χ0n) is 14.9. The molecule has 0 saturated heterocycles. The van der Waals surface area contributed by atoms with E-state index in [1.807, 2.05) is 6.92 Å². The van der Waals surface area contributed by atoms with Gasteiger partial charge in [0, 0.05) is 0 Å². The van der Waals surface area contributed by atoms with Crippen LogP contribution in [0.1, 0.15) is 66.2 Å². The minimum absolute atomic E-state index is 0.158. The smallest absolute Gasteiger partial charge is 0.0800 e. The van der Waals surface area contributed by atoms with Crippen molar-refractivity contribution in [1.29, 1.82) is 0 Å². The van der Waals surface area contributed by atoms with E-state index in [-0.39, 0.29) is 6.61 Å². The van der Waals surface area contributed by atoms with Gasteiger partial charge in [-0.15, -0.1) is 6.58 Å². The van der Waals surface area contributed by atoms with Gasteiger partial charge in [-0.3, -0.25) is 0 Å². The van der Waals surface area contributed by atoms with E-state index in [0.29, 0.717) is 0 Å². The first kappa shape index (κ1) is 20.9. The molecule has 0 aliphatic rings. The molecule has 0 bridgehead atoms. The van der Waals surface area contributed by atoms with E-state index < -0.39 is 5.60 Å². The molecule has 0 aromatic rings. The molecule has 0 aromatic heterocycles. The summed E-state index contributed by atoms with van der Waals surface area (Å²) in [6, 6.07) is 0. The highest BCUT2D eigenvalue weighted by Crippen LogP contribution is 2.16. The highest BCUT2D eigenvalue weighted by molar-refractivity contribution is 5.06. The lowest BCUT2D eigenvalue weighted by atomic mass is 9.99. The number of allylic oxidation sites excluding steroid dienone is 5. The Kier molecular flexibility index (Phi) is 10.9. The SMILES string of the molecule is C=C[C@](C)(O)CC/C=C(\C)CC/C=C(\C)CC/C=C(/C)CO. The van der Waals surface area contributed by atoms with Gasteiger partial charge in [0.05, 0.1) is 12.2 Å². The lowest BCUT2D eigenvalue weighted by molar-refractivity contribution is 0.103. The maximum absolute atomic E-state index is 9.85. The Labute approximate surface area is 137 Å². The molecule has 0 rings (SSSR count). The van der Waals surface area contributed by atoms with E-state index in [2.05, 4.69) is 38.7 Å². The minimum Gasteiger partial charge on any atom is -0.392 e. The summed E-state index contributed by atoms with van der Waals surface area (Å²) in [5.41, 5.74) is 3.07. The molecule has 0 aliphatic heterocycles. The lowest BCUT2D eigenvalue weighted by Crippen LogP contribution is -2.19. The molecule has 0 aromatic carbocycles. The van der Waals surface area contributed by atoms with Gasteiger partial charge in [-0.25, -0.2) is 0 Å². The quantitative estimate of drug-likeness (QED) is 0.522. The van der Waals surface area contributed by atoms with Gasteiger partial charge in [0.25, 0.3) is 0 Å². The van der Waals surface area contributed by atoms with Crippen molar-refractivity contribution < 1.29 is 10.2 Å². The monoisotopic (exact) mass is 306 g/mol. The Morgan fingerprint density at radius 3 is 1.82 bits per heavy atom. The molecule has 0 fully saturated rings. The first-order chi connectivity index (χ1) is 10.3. The average Bonchev–Trinajstić information content (AvgIpc) is 2.46. The lowest BCUT2D eigenvalue weighted by Gasteiger charge is -2.16. The predicted octanol–water partition coefficient (Wildman–Crippen LogP) is 5.10. The maximum Gasteiger partial charge on any atom is 0.0800 e. The zero-order chi connectivity index (χ0) is 17.0. The standard InChI is InChI=1S/C20H34O2/c1-6-20(5,22)15-9-14-18(3)11-7-10-17(2)12-8-13-19(4)16-21/h6,10,13-14,21-22H,1,7-9,11-12,15-16H2,2-5H3/b17-10+,18-14+,19-13-/t20-/m0/s1. The second kappa shape index (κ2) is 11.4. The first-order valence-corrected chi connectivity index (χ1v) is 8.24. The van der Waals surface area contributed by atoms with E-state index in [1.165, 1.54) is 11.1 Å². The van der Waals surface area contributed by atoms with Crippen molar-refractivity contribution in [2.45, 2.75) is 71.8 Å². The van der Waals surface area contributed by atoms with E-state index in [4.69, 9.17) is 5.11 Å². The molecule has 2 N–H and O–H groups in total. The summed E-state index contributed by atoms with van der Waals surface area (Å²) >= 11 is 0.